The van der Waals surface area contributed by atoms with Crippen molar-refractivity contribution in [3.05, 3.63) is 60.3 Å². The normalized spacial score (nSPS) is 12.3. The van der Waals surface area contributed by atoms with E-state index in [1.165, 1.54) is 0 Å². The number of urea groups is 1. The fourth-order valence-corrected chi connectivity index (χ4v) is 2.77. The number of rotatable bonds is 5. The van der Waals surface area contributed by atoms with Crippen molar-refractivity contribution >= 4 is 22.6 Å². The number of anilines is 1. The van der Waals surface area contributed by atoms with E-state index in [2.05, 4.69) is 29.6 Å². The summed E-state index contributed by atoms with van der Waals surface area (Å²) in [5.41, 5.74) is 2.50. The van der Waals surface area contributed by atoms with Crippen LogP contribution in [0.1, 0.15) is 31.5 Å². The van der Waals surface area contributed by atoms with Crippen LogP contribution < -0.4 is 10.6 Å². The summed E-state index contributed by atoms with van der Waals surface area (Å²) in [4.78, 5) is 12.3. The van der Waals surface area contributed by atoms with Crippen LogP contribution in [0.3, 0.4) is 0 Å². The monoisotopic (exact) mass is 338 g/mol. The van der Waals surface area contributed by atoms with E-state index in [0.717, 1.165) is 16.5 Å². The second-order valence-electron chi connectivity index (χ2n) is 6.20. The maximum atomic E-state index is 12.3. The molecule has 130 valence electrons. The predicted molar refractivity (Wildman–Crippen MR) is 98.5 cm³/mol. The Labute approximate surface area is 146 Å². The van der Waals surface area contributed by atoms with E-state index in [0.29, 0.717) is 5.69 Å². The highest BCUT2D eigenvalue weighted by atomic mass is 16.3. The molecule has 0 saturated carbocycles. The molecule has 6 heteroatoms. The molecule has 0 saturated heterocycles. The van der Waals surface area contributed by atoms with E-state index in [1.807, 2.05) is 59.4 Å². The van der Waals surface area contributed by atoms with E-state index in [9.17, 15) is 9.90 Å². The summed E-state index contributed by atoms with van der Waals surface area (Å²) in [6, 6.07) is 14.5. The van der Waals surface area contributed by atoms with Crippen molar-refractivity contribution in [2.75, 3.05) is 11.9 Å². The van der Waals surface area contributed by atoms with E-state index in [1.54, 1.807) is 0 Å². The fraction of sp³-hybridized carbons (Fsp3) is 0.263. The Morgan fingerprint density at radius 3 is 2.64 bits per heavy atom. The van der Waals surface area contributed by atoms with E-state index in [-0.39, 0.29) is 18.7 Å². The van der Waals surface area contributed by atoms with E-state index >= 15 is 0 Å². The lowest BCUT2D eigenvalue weighted by molar-refractivity contribution is 0.225. The molecule has 0 unspecified atom stereocenters. The molecule has 0 aliphatic carbocycles. The average Bonchev–Trinajstić information content (AvgIpc) is 3.04. The van der Waals surface area contributed by atoms with Gasteiger partial charge in [-0.25, -0.2) is 4.79 Å². The summed E-state index contributed by atoms with van der Waals surface area (Å²) in [5.74, 6) is 0. The Kier molecular flexibility index (Phi) is 5.00. The van der Waals surface area contributed by atoms with Gasteiger partial charge in [-0.05, 0) is 37.6 Å². The van der Waals surface area contributed by atoms with Crippen LogP contribution in [-0.4, -0.2) is 27.5 Å². The zero-order chi connectivity index (χ0) is 17.8. The lowest BCUT2D eigenvalue weighted by Crippen LogP contribution is -2.34. The molecule has 1 aromatic heterocycles. The molecule has 2 aromatic carbocycles. The largest absolute Gasteiger partial charge is 0.394 e. The van der Waals surface area contributed by atoms with Gasteiger partial charge < -0.3 is 15.7 Å². The lowest BCUT2D eigenvalue weighted by atomic mass is 10.1. The molecule has 0 aliphatic rings. The van der Waals surface area contributed by atoms with Gasteiger partial charge in [-0.2, -0.15) is 5.10 Å². The van der Waals surface area contributed by atoms with Crippen molar-refractivity contribution in [2.24, 2.45) is 0 Å². The number of carbonyl (C=O) groups is 1. The zero-order valence-corrected chi connectivity index (χ0v) is 14.3. The number of amides is 2. The predicted octanol–water partition coefficient (Wildman–Crippen LogP) is 3.47. The maximum absolute atomic E-state index is 12.3. The molecule has 1 heterocycles. The highest BCUT2D eigenvalue weighted by molar-refractivity contribution is 5.92. The standard InChI is InChI=1S/C19H22N4O2/c1-13(2)23-18-10-16(9-8-15(18)11-20-23)21-19(25)22-17(12-24)14-6-4-3-5-7-14/h3-11,13,17,24H,12H2,1-2H3,(H2,21,22,25)/t17-/m0/s1. The Morgan fingerprint density at radius 1 is 1.20 bits per heavy atom. The number of aliphatic hydroxyl groups excluding tert-OH is 1. The van der Waals surface area contributed by atoms with Crippen molar-refractivity contribution in [2.45, 2.75) is 25.9 Å². The number of aromatic nitrogens is 2. The number of hydrogen-bond donors (Lipinski definition) is 3. The Morgan fingerprint density at radius 2 is 1.96 bits per heavy atom. The van der Waals surface area contributed by atoms with Crippen LogP contribution in [0.15, 0.2) is 54.7 Å². The highest BCUT2D eigenvalue weighted by Gasteiger charge is 2.14. The smallest absolute Gasteiger partial charge is 0.319 e. The van der Waals surface area contributed by atoms with Crippen LogP contribution in [0.5, 0.6) is 0 Å². The second kappa shape index (κ2) is 7.36. The number of aliphatic hydroxyl groups is 1. The molecule has 2 amide bonds. The Balaban J connectivity index is 1.74. The molecule has 0 bridgehead atoms. The van der Waals surface area contributed by atoms with Crippen LogP contribution in [0, 0.1) is 0 Å². The van der Waals surface area contributed by atoms with Crippen LogP contribution in [0.25, 0.3) is 10.9 Å². The number of benzene rings is 2. The van der Waals surface area contributed by atoms with Gasteiger partial charge in [-0.3, -0.25) is 4.68 Å². The third-order valence-electron chi connectivity index (χ3n) is 4.04. The van der Waals surface area contributed by atoms with Crippen molar-refractivity contribution in [1.29, 1.82) is 0 Å². The SMILES string of the molecule is CC(C)n1ncc2ccc(NC(=O)N[C@@H](CO)c3ccccc3)cc21. The molecular weight excluding hydrogens is 316 g/mol. The zero-order valence-electron chi connectivity index (χ0n) is 14.3. The summed E-state index contributed by atoms with van der Waals surface area (Å²) in [6.45, 7) is 3.95. The summed E-state index contributed by atoms with van der Waals surface area (Å²) >= 11 is 0. The Hall–Kier alpha value is -2.86. The summed E-state index contributed by atoms with van der Waals surface area (Å²) in [6.07, 6.45) is 1.82. The van der Waals surface area contributed by atoms with Gasteiger partial charge in [0.15, 0.2) is 0 Å². The molecule has 6 nitrogen and oxygen atoms in total. The molecule has 0 radical (unpaired) electrons. The molecule has 3 rings (SSSR count). The van der Waals surface area contributed by atoms with Crippen LogP contribution >= 0.6 is 0 Å². The highest BCUT2D eigenvalue weighted by Crippen LogP contribution is 2.22. The third kappa shape index (κ3) is 3.80. The van der Waals surface area contributed by atoms with Gasteiger partial charge in [-0.1, -0.05) is 30.3 Å². The number of hydrogen-bond acceptors (Lipinski definition) is 3. The van der Waals surface area contributed by atoms with Crippen LogP contribution in [-0.2, 0) is 0 Å². The first kappa shape index (κ1) is 17.0. The van der Waals surface area contributed by atoms with Crippen molar-refractivity contribution < 1.29 is 9.90 Å². The first-order valence-corrected chi connectivity index (χ1v) is 8.29. The van der Waals surface area contributed by atoms with Crippen molar-refractivity contribution in [3.8, 4) is 0 Å². The number of nitrogens with one attached hydrogen (secondary N) is 2. The number of fused-ring (bicyclic) bond motifs is 1. The molecule has 0 aliphatic heterocycles. The van der Waals surface area contributed by atoms with Gasteiger partial charge >= 0.3 is 6.03 Å². The van der Waals surface area contributed by atoms with Gasteiger partial charge in [0, 0.05) is 17.1 Å². The quantitative estimate of drug-likeness (QED) is 0.666. The number of nitrogens with zero attached hydrogens (tertiary/aromatic N) is 2. The molecule has 0 spiro atoms. The minimum atomic E-state index is -0.453. The number of carbonyl (C=O) groups excluding carboxylic acids is 1. The van der Waals surface area contributed by atoms with Crippen LogP contribution in [0.2, 0.25) is 0 Å². The fourth-order valence-electron chi connectivity index (χ4n) is 2.77. The summed E-state index contributed by atoms with van der Waals surface area (Å²) in [7, 11) is 0. The van der Waals surface area contributed by atoms with Gasteiger partial charge in [-0.15, -0.1) is 0 Å². The Bertz CT molecular complexity index is 858. The molecule has 3 N–H and O–H groups in total. The average molecular weight is 338 g/mol. The van der Waals surface area contributed by atoms with Crippen molar-refractivity contribution in [1.82, 2.24) is 15.1 Å². The molecule has 25 heavy (non-hydrogen) atoms. The molecule has 0 fully saturated rings. The summed E-state index contributed by atoms with van der Waals surface area (Å²) < 4.78 is 1.92. The van der Waals surface area contributed by atoms with Crippen LogP contribution in [0.4, 0.5) is 10.5 Å². The van der Waals surface area contributed by atoms with Gasteiger partial charge in [0.2, 0.25) is 0 Å². The van der Waals surface area contributed by atoms with Gasteiger partial charge in [0.05, 0.1) is 24.4 Å². The second-order valence-corrected chi connectivity index (χ2v) is 6.20. The molecule has 1 atom stereocenters. The minimum Gasteiger partial charge on any atom is -0.394 e. The van der Waals surface area contributed by atoms with Gasteiger partial charge in [0.25, 0.3) is 0 Å². The topological polar surface area (TPSA) is 79.2 Å². The van der Waals surface area contributed by atoms with Gasteiger partial charge in [0.1, 0.15) is 0 Å². The molecular formula is C19H22N4O2. The van der Waals surface area contributed by atoms with Crippen molar-refractivity contribution in [3.63, 3.8) is 0 Å². The third-order valence-corrected chi connectivity index (χ3v) is 4.04. The minimum absolute atomic E-state index is 0.170. The molecule has 3 aromatic rings. The lowest BCUT2D eigenvalue weighted by Gasteiger charge is -2.17. The first-order chi connectivity index (χ1) is 12.1. The summed E-state index contributed by atoms with van der Waals surface area (Å²) in [5, 5.41) is 20.6. The van der Waals surface area contributed by atoms with E-state index < -0.39 is 6.04 Å². The van der Waals surface area contributed by atoms with E-state index in [4.69, 9.17) is 0 Å². The maximum Gasteiger partial charge on any atom is 0.319 e. The first-order valence-electron chi connectivity index (χ1n) is 8.29.